The van der Waals surface area contributed by atoms with Crippen molar-refractivity contribution in [2.45, 2.75) is 13.8 Å². The third-order valence-electron chi connectivity index (χ3n) is 4.05. The predicted molar refractivity (Wildman–Crippen MR) is 116 cm³/mol. The number of anilines is 1. The minimum Gasteiger partial charge on any atom is -0.493 e. The number of sulfonamides is 1. The van der Waals surface area contributed by atoms with Crippen LogP contribution in [0.2, 0.25) is 0 Å². The summed E-state index contributed by atoms with van der Waals surface area (Å²) in [5, 5.41) is 6.31. The van der Waals surface area contributed by atoms with Crippen LogP contribution in [-0.2, 0) is 10.0 Å². The average Bonchev–Trinajstić information content (AvgIpc) is 2.70. The molecule has 1 aliphatic heterocycles. The van der Waals surface area contributed by atoms with Gasteiger partial charge in [0.2, 0.25) is 10.0 Å². The molecule has 1 aromatic rings. The van der Waals surface area contributed by atoms with Gasteiger partial charge in [-0.3, -0.25) is 4.99 Å². The summed E-state index contributed by atoms with van der Waals surface area (Å²) in [6.07, 6.45) is 0. The molecule has 1 aliphatic rings. The number of hydrogen-bond acceptors (Lipinski definition) is 6. The maximum atomic E-state index is 12.4. The van der Waals surface area contributed by atoms with E-state index in [0.717, 1.165) is 17.2 Å². The van der Waals surface area contributed by atoms with Gasteiger partial charge in [0.05, 0.1) is 26.0 Å². The lowest BCUT2D eigenvalue weighted by molar-refractivity contribution is 0.311. The van der Waals surface area contributed by atoms with Gasteiger partial charge < -0.3 is 20.1 Å². The van der Waals surface area contributed by atoms with Crippen LogP contribution in [0.3, 0.4) is 0 Å². The minimum atomic E-state index is -3.27. The summed E-state index contributed by atoms with van der Waals surface area (Å²) in [6, 6.07) is 5.51. The van der Waals surface area contributed by atoms with Crippen molar-refractivity contribution in [3.8, 4) is 11.5 Å². The second-order valence-electron chi connectivity index (χ2n) is 6.01. The van der Waals surface area contributed by atoms with E-state index in [4.69, 9.17) is 9.47 Å². The SMILES string of the molecule is CCNC(=NCCS(=O)(=O)N1CCSCC1)Nc1ccc(OCC)c(OC)c1. The van der Waals surface area contributed by atoms with Crippen LogP contribution in [0.4, 0.5) is 5.69 Å². The molecule has 158 valence electrons. The fourth-order valence-electron chi connectivity index (χ4n) is 2.69. The third-order valence-corrected chi connectivity index (χ3v) is 6.85. The smallest absolute Gasteiger partial charge is 0.215 e. The Morgan fingerprint density at radius 2 is 2.00 bits per heavy atom. The zero-order valence-corrected chi connectivity index (χ0v) is 18.4. The van der Waals surface area contributed by atoms with Gasteiger partial charge in [-0.15, -0.1) is 0 Å². The Kier molecular flexibility index (Phi) is 9.20. The monoisotopic (exact) mass is 430 g/mol. The molecule has 1 saturated heterocycles. The number of ether oxygens (including phenoxy) is 2. The molecule has 1 aromatic carbocycles. The van der Waals surface area contributed by atoms with Crippen LogP contribution in [0.25, 0.3) is 0 Å². The molecule has 0 saturated carbocycles. The van der Waals surface area contributed by atoms with Crippen molar-refractivity contribution in [1.82, 2.24) is 9.62 Å². The van der Waals surface area contributed by atoms with Crippen LogP contribution < -0.4 is 20.1 Å². The number of guanidine groups is 1. The summed E-state index contributed by atoms with van der Waals surface area (Å²) in [7, 11) is -1.68. The highest BCUT2D eigenvalue weighted by Crippen LogP contribution is 2.30. The minimum absolute atomic E-state index is 0.000833. The van der Waals surface area contributed by atoms with Gasteiger partial charge in [-0.2, -0.15) is 11.8 Å². The molecule has 1 fully saturated rings. The molecular weight excluding hydrogens is 400 g/mol. The number of hydrogen-bond donors (Lipinski definition) is 2. The number of rotatable bonds is 9. The second-order valence-corrected chi connectivity index (χ2v) is 9.32. The molecule has 0 bridgehead atoms. The van der Waals surface area contributed by atoms with Gasteiger partial charge in [0.25, 0.3) is 0 Å². The van der Waals surface area contributed by atoms with Crippen molar-refractivity contribution >= 4 is 33.4 Å². The lowest BCUT2D eigenvalue weighted by Crippen LogP contribution is -2.40. The van der Waals surface area contributed by atoms with Crippen molar-refractivity contribution in [1.29, 1.82) is 0 Å². The van der Waals surface area contributed by atoms with Crippen molar-refractivity contribution < 1.29 is 17.9 Å². The lowest BCUT2D eigenvalue weighted by atomic mass is 10.2. The zero-order chi connectivity index (χ0) is 20.4. The van der Waals surface area contributed by atoms with Gasteiger partial charge in [-0.1, -0.05) is 0 Å². The predicted octanol–water partition coefficient (Wildman–Crippen LogP) is 1.85. The third kappa shape index (κ3) is 6.75. The molecule has 0 amide bonds. The first-order chi connectivity index (χ1) is 13.5. The molecule has 0 radical (unpaired) electrons. The highest BCUT2D eigenvalue weighted by atomic mass is 32.2. The number of benzene rings is 1. The molecule has 0 spiro atoms. The molecule has 28 heavy (non-hydrogen) atoms. The van der Waals surface area contributed by atoms with Crippen LogP contribution in [0, 0.1) is 0 Å². The standard InChI is InChI=1S/C18H30N4O4S2/c1-4-19-18(20-8-13-28(23,24)22-9-11-27-12-10-22)21-15-6-7-16(26-5-2)17(14-15)25-3/h6-7,14H,4-5,8-13H2,1-3H3,(H2,19,20,21). The Labute approximate surface area is 172 Å². The van der Waals surface area contributed by atoms with E-state index in [1.54, 1.807) is 23.2 Å². The molecule has 0 atom stereocenters. The van der Waals surface area contributed by atoms with Crippen LogP contribution in [-0.4, -0.2) is 75.8 Å². The summed E-state index contributed by atoms with van der Waals surface area (Å²) >= 11 is 1.79. The van der Waals surface area contributed by atoms with Crippen LogP contribution >= 0.6 is 11.8 Å². The Bertz CT molecular complexity index is 750. The summed E-state index contributed by atoms with van der Waals surface area (Å²) in [5.74, 6) is 3.52. The first-order valence-corrected chi connectivity index (χ1v) is 12.2. The van der Waals surface area contributed by atoms with Gasteiger partial charge in [0.15, 0.2) is 17.5 Å². The maximum absolute atomic E-state index is 12.4. The largest absolute Gasteiger partial charge is 0.493 e. The first-order valence-electron chi connectivity index (χ1n) is 9.42. The molecular formula is C18H30N4O4S2. The molecule has 2 N–H and O–H groups in total. The van der Waals surface area contributed by atoms with Gasteiger partial charge >= 0.3 is 0 Å². The summed E-state index contributed by atoms with van der Waals surface area (Å²) in [6.45, 7) is 6.45. The molecule has 10 heteroatoms. The summed E-state index contributed by atoms with van der Waals surface area (Å²) in [4.78, 5) is 4.41. The molecule has 2 rings (SSSR count). The molecule has 1 heterocycles. The topological polar surface area (TPSA) is 92.3 Å². The van der Waals surface area contributed by atoms with E-state index in [1.165, 1.54) is 0 Å². The number of nitrogens with one attached hydrogen (secondary N) is 2. The van der Waals surface area contributed by atoms with Gasteiger partial charge in [-0.05, 0) is 26.0 Å². The van der Waals surface area contributed by atoms with Crippen molar-refractivity contribution in [2.24, 2.45) is 4.99 Å². The van der Waals surface area contributed by atoms with Gasteiger partial charge in [0, 0.05) is 42.9 Å². The molecule has 0 aliphatic carbocycles. The van der Waals surface area contributed by atoms with E-state index >= 15 is 0 Å². The lowest BCUT2D eigenvalue weighted by Gasteiger charge is -2.25. The van der Waals surface area contributed by atoms with Gasteiger partial charge in [-0.25, -0.2) is 12.7 Å². The second kappa shape index (κ2) is 11.4. The fourth-order valence-corrected chi connectivity index (χ4v) is 5.14. The Morgan fingerprint density at radius 3 is 2.64 bits per heavy atom. The number of thioether (sulfide) groups is 1. The Morgan fingerprint density at radius 1 is 1.25 bits per heavy atom. The molecule has 8 nitrogen and oxygen atoms in total. The number of aliphatic imine (C=N–C) groups is 1. The van der Waals surface area contributed by atoms with E-state index in [1.807, 2.05) is 32.0 Å². The highest BCUT2D eigenvalue weighted by Gasteiger charge is 2.23. The Balaban J connectivity index is 2.02. The van der Waals surface area contributed by atoms with E-state index < -0.39 is 10.0 Å². The first kappa shape index (κ1) is 22.6. The zero-order valence-electron chi connectivity index (χ0n) is 16.7. The summed E-state index contributed by atoms with van der Waals surface area (Å²) < 4.78 is 37.3. The van der Waals surface area contributed by atoms with Crippen LogP contribution in [0.1, 0.15) is 13.8 Å². The van der Waals surface area contributed by atoms with Crippen molar-refractivity contribution in [3.05, 3.63) is 18.2 Å². The van der Waals surface area contributed by atoms with Crippen LogP contribution in [0.15, 0.2) is 23.2 Å². The van der Waals surface area contributed by atoms with Gasteiger partial charge in [0.1, 0.15) is 0 Å². The van der Waals surface area contributed by atoms with E-state index in [-0.39, 0.29) is 12.3 Å². The van der Waals surface area contributed by atoms with E-state index in [0.29, 0.717) is 43.7 Å². The average molecular weight is 431 g/mol. The number of methoxy groups -OCH3 is 1. The summed E-state index contributed by atoms with van der Waals surface area (Å²) in [5.41, 5.74) is 0.774. The molecule has 0 aromatic heterocycles. The Hall–Kier alpha value is -1.65. The van der Waals surface area contributed by atoms with E-state index in [9.17, 15) is 8.42 Å². The van der Waals surface area contributed by atoms with Crippen molar-refractivity contribution in [2.75, 3.05) is 62.5 Å². The maximum Gasteiger partial charge on any atom is 0.215 e. The fraction of sp³-hybridized carbons (Fsp3) is 0.611. The van der Waals surface area contributed by atoms with Crippen molar-refractivity contribution in [3.63, 3.8) is 0 Å². The quantitative estimate of drug-likeness (QED) is 0.456. The molecule has 0 unspecified atom stereocenters. The highest BCUT2D eigenvalue weighted by molar-refractivity contribution is 7.99. The van der Waals surface area contributed by atoms with E-state index in [2.05, 4.69) is 15.6 Å². The van der Waals surface area contributed by atoms with Crippen LogP contribution in [0.5, 0.6) is 11.5 Å². The normalized spacial score (nSPS) is 15.9. The number of nitrogens with zero attached hydrogens (tertiary/aromatic N) is 2.